The van der Waals surface area contributed by atoms with Crippen LogP contribution in [0.1, 0.15) is 27.6 Å². The highest BCUT2D eigenvalue weighted by Crippen LogP contribution is 2.25. The second-order valence-corrected chi connectivity index (χ2v) is 8.71. The van der Waals surface area contributed by atoms with Gasteiger partial charge >= 0.3 is 0 Å². The lowest BCUT2D eigenvalue weighted by atomic mass is 10.1. The zero-order valence-corrected chi connectivity index (χ0v) is 19.5. The van der Waals surface area contributed by atoms with E-state index in [4.69, 9.17) is 16.3 Å². The van der Waals surface area contributed by atoms with Gasteiger partial charge in [-0.25, -0.2) is 17.6 Å². The molecule has 4 rings (SSSR count). The van der Waals surface area contributed by atoms with E-state index in [1.165, 1.54) is 24.3 Å². The van der Waals surface area contributed by atoms with Crippen LogP contribution < -0.4 is 0 Å². The topological polar surface area (TPSA) is 32.8 Å². The lowest BCUT2D eigenvalue weighted by Gasteiger charge is -2.36. The van der Waals surface area contributed by atoms with Gasteiger partial charge in [0.25, 0.3) is 5.91 Å². The number of hydrogen-bond donors (Lipinski definition) is 0. The van der Waals surface area contributed by atoms with Crippen molar-refractivity contribution in [3.8, 4) is 0 Å². The van der Waals surface area contributed by atoms with Crippen LogP contribution in [0.2, 0.25) is 5.02 Å². The summed E-state index contributed by atoms with van der Waals surface area (Å²) in [6.45, 7) is 1.96. The SMILES string of the molecule is O=C(c1ccc(F)c(F)c1)N1CCN(C[C@H](OCc2c(F)cccc2F)c2ccc(Cl)cc2)CC1. The smallest absolute Gasteiger partial charge is 0.254 e. The van der Waals surface area contributed by atoms with E-state index in [1.54, 1.807) is 29.2 Å². The minimum absolute atomic E-state index is 0.0895. The highest BCUT2D eigenvalue weighted by molar-refractivity contribution is 6.30. The Morgan fingerprint density at radius 3 is 2.14 bits per heavy atom. The standard InChI is InChI=1S/C26H23ClF4N2O2/c27-19-7-4-17(5-8-19)25(35-16-20-21(28)2-1-3-22(20)29)15-32-10-12-33(13-11-32)26(34)18-6-9-23(30)24(31)14-18/h1-9,14,25H,10-13,15-16H2/t25-/m0/s1. The maximum absolute atomic E-state index is 14.1. The van der Waals surface area contributed by atoms with Crippen LogP contribution in [0.5, 0.6) is 0 Å². The number of piperazine rings is 1. The van der Waals surface area contributed by atoms with Gasteiger partial charge in [-0.3, -0.25) is 9.69 Å². The Hall–Kier alpha value is -2.94. The van der Waals surface area contributed by atoms with Gasteiger partial charge in [0.1, 0.15) is 11.6 Å². The van der Waals surface area contributed by atoms with Crippen molar-refractivity contribution in [2.45, 2.75) is 12.7 Å². The van der Waals surface area contributed by atoms with E-state index in [0.29, 0.717) is 37.7 Å². The molecule has 1 fully saturated rings. The molecule has 0 unspecified atom stereocenters. The predicted molar refractivity (Wildman–Crippen MR) is 124 cm³/mol. The maximum Gasteiger partial charge on any atom is 0.254 e. The number of carbonyl (C=O) groups excluding carboxylic acids is 1. The summed E-state index contributed by atoms with van der Waals surface area (Å²) < 4.78 is 60.9. The summed E-state index contributed by atoms with van der Waals surface area (Å²) in [6.07, 6.45) is -0.500. The van der Waals surface area contributed by atoms with Crippen LogP contribution in [0.3, 0.4) is 0 Å². The molecule has 0 bridgehead atoms. The van der Waals surface area contributed by atoms with Crippen LogP contribution in [0.15, 0.2) is 60.7 Å². The van der Waals surface area contributed by atoms with Gasteiger partial charge < -0.3 is 9.64 Å². The lowest BCUT2D eigenvalue weighted by molar-refractivity contribution is 0.00144. The van der Waals surface area contributed by atoms with Gasteiger partial charge in [0.15, 0.2) is 11.6 Å². The molecule has 0 aromatic heterocycles. The normalized spacial score (nSPS) is 15.3. The molecule has 0 aliphatic carbocycles. The van der Waals surface area contributed by atoms with Crippen molar-refractivity contribution in [2.24, 2.45) is 0 Å². The first-order chi connectivity index (χ1) is 16.8. The van der Waals surface area contributed by atoms with Crippen LogP contribution in [0.4, 0.5) is 17.6 Å². The Balaban J connectivity index is 1.41. The summed E-state index contributed by atoms with van der Waals surface area (Å²) >= 11 is 6.01. The highest BCUT2D eigenvalue weighted by Gasteiger charge is 2.26. The lowest BCUT2D eigenvalue weighted by Crippen LogP contribution is -2.49. The first-order valence-electron chi connectivity index (χ1n) is 11.1. The maximum atomic E-state index is 14.1. The molecule has 35 heavy (non-hydrogen) atoms. The van der Waals surface area contributed by atoms with E-state index < -0.39 is 29.4 Å². The van der Waals surface area contributed by atoms with Crippen LogP contribution in [0.25, 0.3) is 0 Å². The summed E-state index contributed by atoms with van der Waals surface area (Å²) in [6, 6.07) is 13.8. The Kier molecular flexibility index (Phi) is 8.05. The summed E-state index contributed by atoms with van der Waals surface area (Å²) in [4.78, 5) is 16.3. The van der Waals surface area contributed by atoms with E-state index in [0.717, 1.165) is 17.7 Å². The highest BCUT2D eigenvalue weighted by atomic mass is 35.5. The van der Waals surface area contributed by atoms with Gasteiger partial charge in [-0.05, 0) is 48.0 Å². The zero-order valence-electron chi connectivity index (χ0n) is 18.7. The van der Waals surface area contributed by atoms with Crippen molar-refractivity contribution >= 4 is 17.5 Å². The van der Waals surface area contributed by atoms with Gasteiger partial charge in [-0.1, -0.05) is 29.8 Å². The summed E-state index contributed by atoms with van der Waals surface area (Å²) in [5.74, 6) is -3.80. The molecule has 0 spiro atoms. The Bertz CT molecular complexity index is 1160. The molecular formula is C26H23ClF4N2O2. The minimum atomic E-state index is -1.07. The molecule has 1 amide bonds. The van der Waals surface area contributed by atoms with Gasteiger partial charge in [-0.15, -0.1) is 0 Å². The van der Waals surface area contributed by atoms with Crippen molar-refractivity contribution in [3.05, 3.63) is 106 Å². The fourth-order valence-corrected chi connectivity index (χ4v) is 4.09. The average Bonchev–Trinajstić information content (AvgIpc) is 2.85. The van der Waals surface area contributed by atoms with E-state index in [1.807, 2.05) is 0 Å². The molecule has 4 nitrogen and oxygen atoms in total. The predicted octanol–water partition coefficient (Wildman–Crippen LogP) is 5.61. The molecule has 1 aliphatic rings. The van der Waals surface area contributed by atoms with Crippen molar-refractivity contribution in [1.82, 2.24) is 9.80 Å². The van der Waals surface area contributed by atoms with Gasteiger partial charge in [-0.2, -0.15) is 0 Å². The zero-order chi connectivity index (χ0) is 24.9. The van der Waals surface area contributed by atoms with E-state index in [2.05, 4.69) is 4.90 Å². The third-order valence-corrected chi connectivity index (χ3v) is 6.23. The van der Waals surface area contributed by atoms with Gasteiger partial charge in [0.2, 0.25) is 0 Å². The van der Waals surface area contributed by atoms with Crippen molar-refractivity contribution < 1.29 is 27.1 Å². The molecule has 3 aromatic rings. The van der Waals surface area contributed by atoms with Crippen molar-refractivity contribution in [2.75, 3.05) is 32.7 Å². The number of carbonyl (C=O) groups is 1. The second kappa shape index (κ2) is 11.2. The molecule has 1 heterocycles. The number of hydrogen-bond acceptors (Lipinski definition) is 3. The van der Waals surface area contributed by atoms with Crippen LogP contribution in [-0.4, -0.2) is 48.4 Å². The number of halogens is 5. The molecular weight excluding hydrogens is 484 g/mol. The summed E-state index contributed by atoms with van der Waals surface area (Å²) in [5, 5.41) is 0.553. The fraction of sp³-hybridized carbons (Fsp3) is 0.269. The first-order valence-corrected chi connectivity index (χ1v) is 11.5. The van der Waals surface area contributed by atoms with Gasteiger partial charge in [0.05, 0.1) is 12.7 Å². The Labute approximate surface area is 205 Å². The molecule has 184 valence electrons. The van der Waals surface area contributed by atoms with Crippen LogP contribution in [-0.2, 0) is 11.3 Å². The van der Waals surface area contributed by atoms with E-state index in [-0.39, 0.29) is 23.6 Å². The van der Waals surface area contributed by atoms with Crippen molar-refractivity contribution in [1.29, 1.82) is 0 Å². The van der Waals surface area contributed by atoms with E-state index in [9.17, 15) is 22.4 Å². The molecule has 1 aliphatic heterocycles. The quantitative estimate of drug-likeness (QED) is 0.390. The van der Waals surface area contributed by atoms with Crippen LogP contribution >= 0.6 is 11.6 Å². The fourth-order valence-electron chi connectivity index (χ4n) is 3.97. The summed E-state index contributed by atoms with van der Waals surface area (Å²) in [7, 11) is 0. The minimum Gasteiger partial charge on any atom is -0.367 e. The third kappa shape index (κ3) is 6.20. The monoisotopic (exact) mass is 506 g/mol. The van der Waals surface area contributed by atoms with Crippen LogP contribution in [0, 0.1) is 23.3 Å². The van der Waals surface area contributed by atoms with E-state index >= 15 is 0 Å². The molecule has 1 atom stereocenters. The van der Waals surface area contributed by atoms with Gasteiger partial charge in [0, 0.05) is 48.9 Å². The third-order valence-electron chi connectivity index (χ3n) is 5.98. The molecule has 1 saturated heterocycles. The second-order valence-electron chi connectivity index (χ2n) is 8.27. The number of nitrogens with zero attached hydrogens (tertiary/aromatic N) is 2. The Morgan fingerprint density at radius 2 is 1.51 bits per heavy atom. The average molecular weight is 507 g/mol. The molecule has 0 saturated carbocycles. The number of amides is 1. The number of ether oxygens (including phenoxy) is 1. The first kappa shape index (κ1) is 25.2. The largest absolute Gasteiger partial charge is 0.367 e. The number of benzene rings is 3. The molecule has 3 aromatic carbocycles. The summed E-state index contributed by atoms with van der Waals surface area (Å²) in [5.41, 5.74) is 0.742. The molecule has 0 N–H and O–H groups in total. The Morgan fingerprint density at radius 1 is 0.857 bits per heavy atom. The molecule has 9 heteroatoms. The molecule has 0 radical (unpaired) electrons. The van der Waals surface area contributed by atoms with Crippen molar-refractivity contribution in [3.63, 3.8) is 0 Å². The number of rotatable bonds is 7.